The highest BCUT2D eigenvalue weighted by atomic mass is 16.5. The lowest BCUT2D eigenvalue weighted by atomic mass is 10.0. The molecule has 1 aliphatic heterocycles. The third-order valence-corrected chi connectivity index (χ3v) is 2.55. The van der Waals surface area contributed by atoms with Crippen LogP contribution in [0.2, 0.25) is 0 Å². The summed E-state index contributed by atoms with van der Waals surface area (Å²) in [6.07, 6.45) is 1.64. The van der Waals surface area contributed by atoms with Gasteiger partial charge in [0.25, 0.3) is 0 Å². The van der Waals surface area contributed by atoms with Gasteiger partial charge in [-0.25, -0.2) is 0 Å². The molecule has 1 saturated heterocycles. The molecule has 0 radical (unpaired) electrons. The van der Waals surface area contributed by atoms with E-state index in [0.717, 1.165) is 19.4 Å². The SMILES string of the molecule is CCc1nnc(C2OCCC2CN)o1. The van der Waals surface area contributed by atoms with Crippen LogP contribution in [0.25, 0.3) is 0 Å². The first-order chi connectivity index (χ1) is 6.85. The summed E-state index contributed by atoms with van der Waals surface area (Å²) in [5, 5.41) is 7.88. The van der Waals surface area contributed by atoms with Crippen molar-refractivity contribution in [1.82, 2.24) is 10.2 Å². The van der Waals surface area contributed by atoms with Crippen LogP contribution in [-0.2, 0) is 11.2 Å². The van der Waals surface area contributed by atoms with Gasteiger partial charge in [0, 0.05) is 18.9 Å². The van der Waals surface area contributed by atoms with Gasteiger partial charge in [-0.2, -0.15) is 0 Å². The Hall–Kier alpha value is -0.940. The van der Waals surface area contributed by atoms with Crippen LogP contribution in [0.5, 0.6) is 0 Å². The van der Waals surface area contributed by atoms with E-state index in [4.69, 9.17) is 14.9 Å². The van der Waals surface area contributed by atoms with Crippen molar-refractivity contribution in [3.8, 4) is 0 Å². The molecular formula is C9H15N3O2. The molecule has 14 heavy (non-hydrogen) atoms. The molecule has 0 aromatic carbocycles. The summed E-state index contributed by atoms with van der Waals surface area (Å²) in [4.78, 5) is 0. The van der Waals surface area contributed by atoms with Gasteiger partial charge in [-0.3, -0.25) is 0 Å². The summed E-state index contributed by atoms with van der Waals surface area (Å²) in [7, 11) is 0. The zero-order valence-electron chi connectivity index (χ0n) is 8.27. The van der Waals surface area contributed by atoms with E-state index < -0.39 is 0 Å². The summed E-state index contributed by atoms with van der Waals surface area (Å²) >= 11 is 0. The van der Waals surface area contributed by atoms with Crippen molar-refractivity contribution in [3.63, 3.8) is 0 Å². The van der Waals surface area contributed by atoms with Crippen molar-refractivity contribution in [2.75, 3.05) is 13.2 Å². The summed E-state index contributed by atoms with van der Waals surface area (Å²) in [5.74, 6) is 1.56. The molecule has 1 aromatic rings. The highest BCUT2D eigenvalue weighted by Gasteiger charge is 2.32. The van der Waals surface area contributed by atoms with Crippen LogP contribution in [0.15, 0.2) is 4.42 Å². The second kappa shape index (κ2) is 4.06. The third-order valence-electron chi connectivity index (χ3n) is 2.55. The molecule has 78 valence electrons. The summed E-state index contributed by atoms with van der Waals surface area (Å²) < 4.78 is 11.0. The lowest BCUT2D eigenvalue weighted by Gasteiger charge is -2.11. The molecular weight excluding hydrogens is 182 g/mol. The number of hydrogen-bond acceptors (Lipinski definition) is 5. The predicted octanol–water partition coefficient (Wildman–Crippen LogP) is 0.668. The van der Waals surface area contributed by atoms with Crippen LogP contribution in [0.4, 0.5) is 0 Å². The Morgan fingerprint density at radius 3 is 3.00 bits per heavy atom. The topological polar surface area (TPSA) is 74.2 Å². The Labute approximate surface area is 82.6 Å². The Morgan fingerprint density at radius 2 is 2.36 bits per heavy atom. The van der Waals surface area contributed by atoms with E-state index in [1.165, 1.54) is 0 Å². The maximum absolute atomic E-state index is 5.63. The van der Waals surface area contributed by atoms with Gasteiger partial charge in [0.2, 0.25) is 11.8 Å². The van der Waals surface area contributed by atoms with Gasteiger partial charge in [-0.05, 0) is 13.0 Å². The van der Waals surface area contributed by atoms with Gasteiger partial charge in [0.1, 0.15) is 6.10 Å². The molecule has 2 heterocycles. The number of nitrogens with zero attached hydrogens (tertiary/aromatic N) is 2. The van der Waals surface area contributed by atoms with Crippen LogP contribution >= 0.6 is 0 Å². The van der Waals surface area contributed by atoms with Crippen molar-refractivity contribution in [3.05, 3.63) is 11.8 Å². The van der Waals surface area contributed by atoms with E-state index in [9.17, 15) is 0 Å². The van der Waals surface area contributed by atoms with Gasteiger partial charge in [0.15, 0.2) is 0 Å². The second-order valence-electron chi connectivity index (χ2n) is 3.46. The number of aromatic nitrogens is 2. The lowest BCUT2D eigenvalue weighted by Crippen LogP contribution is -2.18. The molecule has 0 saturated carbocycles. The average molecular weight is 197 g/mol. The minimum absolute atomic E-state index is 0.0900. The van der Waals surface area contributed by atoms with Crippen molar-refractivity contribution >= 4 is 0 Å². The molecule has 1 fully saturated rings. The molecule has 0 aliphatic carbocycles. The first kappa shape index (κ1) is 9.61. The highest BCUT2D eigenvalue weighted by molar-refractivity contribution is 4.93. The van der Waals surface area contributed by atoms with E-state index in [1.54, 1.807) is 0 Å². The Kier molecular flexibility index (Phi) is 2.79. The highest BCUT2D eigenvalue weighted by Crippen LogP contribution is 2.32. The normalized spacial score (nSPS) is 27.0. The molecule has 0 amide bonds. The molecule has 2 unspecified atom stereocenters. The summed E-state index contributed by atoms with van der Waals surface area (Å²) in [5.41, 5.74) is 5.63. The fraction of sp³-hybridized carbons (Fsp3) is 0.778. The fourth-order valence-corrected chi connectivity index (χ4v) is 1.67. The fourth-order valence-electron chi connectivity index (χ4n) is 1.67. The van der Waals surface area contributed by atoms with E-state index in [-0.39, 0.29) is 6.10 Å². The molecule has 1 aliphatic rings. The molecule has 5 heteroatoms. The second-order valence-corrected chi connectivity index (χ2v) is 3.46. The van der Waals surface area contributed by atoms with Crippen molar-refractivity contribution in [2.24, 2.45) is 11.7 Å². The predicted molar refractivity (Wildman–Crippen MR) is 49.5 cm³/mol. The summed E-state index contributed by atoms with van der Waals surface area (Å²) in [6, 6.07) is 0. The van der Waals surface area contributed by atoms with Gasteiger partial charge < -0.3 is 14.9 Å². The van der Waals surface area contributed by atoms with Gasteiger partial charge in [0.05, 0.1) is 0 Å². The molecule has 0 bridgehead atoms. The van der Waals surface area contributed by atoms with Crippen LogP contribution in [0.1, 0.15) is 31.2 Å². The standard InChI is InChI=1S/C9H15N3O2/c1-2-7-11-12-9(14-7)8-6(5-10)3-4-13-8/h6,8H,2-5,10H2,1H3. The monoisotopic (exact) mass is 197 g/mol. The minimum atomic E-state index is -0.0900. The molecule has 5 nitrogen and oxygen atoms in total. The molecule has 1 aromatic heterocycles. The summed E-state index contributed by atoms with van der Waals surface area (Å²) in [6.45, 7) is 3.32. The quantitative estimate of drug-likeness (QED) is 0.770. The number of aryl methyl sites for hydroxylation is 1. The van der Waals surface area contributed by atoms with Crippen LogP contribution in [0.3, 0.4) is 0 Å². The van der Waals surface area contributed by atoms with Crippen LogP contribution < -0.4 is 5.73 Å². The van der Waals surface area contributed by atoms with E-state index in [2.05, 4.69) is 10.2 Å². The zero-order chi connectivity index (χ0) is 9.97. The number of nitrogens with two attached hydrogens (primary N) is 1. The van der Waals surface area contributed by atoms with Gasteiger partial charge >= 0.3 is 0 Å². The van der Waals surface area contributed by atoms with Crippen LogP contribution in [0, 0.1) is 5.92 Å². The maximum atomic E-state index is 5.63. The number of rotatable bonds is 3. The molecule has 0 spiro atoms. The number of hydrogen-bond donors (Lipinski definition) is 1. The molecule has 2 atom stereocenters. The van der Waals surface area contributed by atoms with Crippen molar-refractivity contribution in [1.29, 1.82) is 0 Å². The maximum Gasteiger partial charge on any atom is 0.245 e. The largest absolute Gasteiger partial charge is 0.422 e. The average Bonchev–Trinajstić information content (AvgIpc) is 2.85. The Bertz CT molecular complexity index is 300. The van der Waals surface area contributed by atoms with Crippen LogP contribution in [-0.4, -0.2) is 23.3 Å². The van der Waals surface area contributed by atoms with Crippen molar-refractivity contribution in [2.45, 2.75) is 25.9 Å². The lowest BCUT2D eigenvalue weighted by molar-refractivity contribution is 0.0685. The van der Waals surface area contributed by atoms with Gasteiger partial charge in [-0.15, -0.1) is 10.2 Å². The van der Waals surface area contributed by atoms with Crippen molar-refractivity contribution < 1.29 is 9.15 Å². The van der Waals surface area contributed by atoms with Gasteiger partial charge in [-0.1, -0.05) is 6.92 Å². The Morgan fingerprint density at radius 1 is 1.50 bits per heavy atom. The van der Waals surface area contributed by atoms with E-state index in [1.807, 2.05) is 6.92 Å². The molecule has 2 N–H and O–H groups in total. The first-order valence-electron chi connectivity index (χ1n) is 4.99. The number of ether oxygens (including phenoxy) is 1. The smallest absolute Gasteiger partial charge is 0.245 e. The Balaban J connectivity index is 2.13. The zero-order valence-corrected chi connectivity index (χ0v) is 8.27. The van der Waals surface area contributed by atoms with E-state index in [0.29, 0.717) is 24.2 Å². The third kappa shape index (κ3) is 1.65. The minimum Gasteiger partial charge on any atom is -0.422 e. The first-order valence-corrected chi connectivity index (χ1v) is 4.99. The van der Waals surface area contributed by atoms with E-state index >= 15 is 0 Å². The molecule has 2 rings (SSSR count).